The molecular formula is C11H13NO2. The Bertz CT molecular complexity index is 328. The quantitative estimate of drug-likeness (QED) is 0.717. The molecule has 1 aliphatic carbocycles. The number of hydrogen-bond donors (Lipinski definition) is 1. The van der Waals surface area contributed by atoms with E-state index in [-0.39, 0.29) is 17.8 Å². The molecule has 0 saturated heterocycles. The molecule has 3 heteroatoms. The summed E-state index contributed by atoms with van der Waals surface area (Å²) in [6.07, 6.45) is 9.50. The van der Waals surface area contributed by atoms with Crippen LogP contribution in [0.25, 0.3) is 0 Å². The first-order valence-electron chi connectivity index (χ1n) is 4.71. The lowest BCUT2D eigenvalue weighted by molar-refractivity contribution is -0.115. The summed E-state index contributed by atoms with van der Waals surface area (Å²) in [6.45, 7) is 0.371. The van der Waals surface area contributed by atoms with E-state index in [1.807, 2.05) is 24.3 Å². The molecule has 74 valence electrons. The van der Waals surface area contributed by atoms with E-state index < -0.39 is 0 Å². The summed E-state index contributed by atoms with van der Waals surface area (Å²) in [4.78, 5) is 11.6. The summed E-state index contributed by atoms with van der Waals surface area (Å²) in [5.41, 5.74) is 0.768. The Morgan fingerprint density at radius 1 is 1.50 bits per heavy atom. The van der Waals surface area contributed by atoms with Crippen molar-refractivity contribution in [2.45, 2.75) is 6.10 Å². The maximum atomic E-state index is 11.6. The van der Waals surface area contributed by atoms with Gasteiger partial charge in [0, 0.05) is 11.5 Å². The molecule has 3 nitrogen and oxygen atoms in total. The van der Waals surface area contributed by atoms with E-state index >= 15 is 0 Å². The third-order valence-electron chi connectivity index (χ3n) is 2.45. The molecule has 1 N–H and O–H groups in total. The predicted octanol–water partition coefficient (Wildman–Crippen LogP) is 0.800. The van der Waals surface area contributed by atoms with Gasteiger partial charge in [0.05, 0.1) is 12.8 Å². The number of nitrogens with one attached hydrogen (secondary N) is 1. The van der Waals surface area contributed by atoms with E-state index in [1.54, 1.807) is 13.3 Å². The minimum atomic E-state index is 0.0239. The predicted molar refractivity (Wildman–Crippen MR) is 53.7 cm³/mol. The van der Waals surface area contributed by atoms with E-state index in [1.165, 1.54) is 0 Å². The monoisotopic (exact) mass is 191 g/mol. The first-order chi connectivity index (χ1) is 6.83. The number of fused-ring (bicyclic) bond motifs is 1. The Labute approximate surface area is 83.1 Å². The van der Waals surface area contributed by atoms with Crippen molar-refractivity contribution in [3.8, 4) is 0 Å². The van der Waals surface area contributed by atoms with Crippen molar-refractivity contribution in [2.75, 3.05) is 13.6 Å². The summed E-state index contributed by atoms with van der Waals surface area (Å²) in [7, 11) is 1.77. The molecule has 1 aliphatic heterocycles. The number of carbonyl (C=O) groups is 1. The van der Waals surface area contributed by atoms with Crippen LogP contribution < -0.4 is 5.32 Å². The molecule has 0 bridgehead atoms. The van der Waals surface area contributed by atoms with Crippen LogP contribution in [0.4, 0.5) is 0 Å². The highest BCUT2D eigenvalue weighted by Crippen LogP contribution is 2.30. The number of rotatable bonds is 3. The highest BCUT2D eigenvalue weighted by Gasteiger charge is 2.32. The van der Waals surface area contributed by atoms with Crippen molar-refractivity contribution in [2.24, 2.45) is 5.92 Å². The Hall–Kier alpha value is -1.35. The SMILES string of the molecule is CNCC(=O)C1=COC2C=CC=CC12. The number of likely N-dealkylation sites (N-methyl/N-ethyl adjacent to an activating group) is 1. The number of Topliss-reactive ketones (excluding diaryl/α,β-unsaturated/α-hetero) is 1. The second kappa shape index (κ2) is 3.80. The summed E-state index contributed by atoms with van der Waals surface area (Å²) in [6, 6.07) is 0. The number of allylic oxidation sites excluding steroid dienone is 2. The first kappa shape index (κ1) is 9.21. The van der Waals surface area contributed by atoms with Crippen LogP contribution in [-0.2, 0) is 9.53 Å². The van der Waals surface area contributed by atoms with Crippen LogP contribution in [0, 0.1) is 5.92 Å². The second-order valence-corrected chi connectivity index (χ2v) is 3.42. The van der Waals surface area contributed by atoms with Gasteiger partial charge in [-0.1, -0.05) is 18.2 Å². The van der Waals surface area contributed by atoms with E-state index in [2.05, 4.69) is 5.32 Å². The molecule has 0 fully saturated rings. The van der Waals surface area contributed by atoms with Gasteiger partial charge in [-0.3, -0.25) is 4.79 Å². The van der Waals surface area contributed by atoms with Crippen LogP contribution in [-0.4, -0.2) is 25.5 Å². The fourth-order valence-electron chi connectivity index (χ4n) is 1.74. The maximum absolute atomic E-state index is 11.6. The van der Waals surface area contributed by atoms with Crippen molar-refractivity contribution < 1.29 is 9.53 Å². The largest absolute Gasteiger partial charge is 0.493 e. The summed E-state index contributed by atoms with van der Waals surface area (Å²) in [5.74, 6) is 0.223. The first-order valence-corrected chi connectivity index (χ1v) is 4.71. The minimum Gasteiger partial charge on any atom is -0.493 e. The molecule has 14 heavy (non-hydrogen) atoms. The summed E-state index contributed by atoms with van der Waals surface area (Å²) < 4.78 is 5.39. The molecule has 0 saturated carbocycles. The standard InChI is InChI=1S/C11H13NO2/c1-12-6-10(13)9-7-14-11-5-3-2-4-8(9)11/h2-5,7-8,11-12H,6H2,1H3. The fraction of sp³-hybridized carbons (Fsp3) is 0.364. The molecule has 2 rings (SSSR count). The van der Waals surface area contributed by atoms with Crippen LogP contribution in [0.2, 0.25) is 0 Å². The van der Waals surface area contributed by atoms with Crippen molar-refractivity contribution in [3.63, 3.8) is 0 Å². The second-order valence-electron chi connectivity index (χ2n) is 3.42. The van der Waals surface area contributed by atoms with E-state index in [0.29, 0.717) is 6.54 Å². The van der Waals surface area contributed by atoms with Crippen molar-refractivity contribution >= 4 is 5.78 Å². The van der Waals surface area contributed by atoms with E-state index in [9.17, 15) is 4.79 Å². The Balaban J connectivity index is 2.11. The molecule has 0 radical (unpaired) electrons. The lowest BCUT2D eigenvalue weighted by Gasteiger charge is -2.16. The zero-order valence-corrected chi connectivity index (χ0v) is 8.07. The summed E-state index contributed by atoms with van der Waals surface area (Å²) >= 11 is 0. The van der Waals surface area contributed by atoms with E-state index in [4.69, 9.17) is 4.74 Å². The number of carbonyl (C=O) groups excluding carboxylic acids is 1. The van der Waals surface area contributed by atoms with Gasteiger partial charge in [0.25, 0.3) is 0 Å². The number of hydrogen-bond acceptors (Lipinski definition) is 3. The number of ketones is 1. The van der Waals surface area contributed by atoms with Gasteiger partial charge in [-0.2, -0.15) is 0 Å². The van der Waals surface area contributed by atoms with Gasteiger partial charge in [-0.05, 0) is 13.1 Å². The van der Waals surface area contributed by atoms with Crippen LogP contribution in [0.15, 0.2) is 36.1 Å². The molecule has 0 amide bonds. The van der Waals surface area contributed by atoms with Gasteiger partial charge < -0.3 is 10.1 Å². The van der Waals surface area contributed by atoms with Crippen LogP contribution in [0.3, 0.4) is 0 Å². The van der Waals surface area contributed by atoms with Gasteiger partial charge in [-0.15, -0.1) is 0 Å². The zero-order chi connectivity index (χ0) is 9.97. The van der Waals surface area contributed by atoms with Crippen LogP contribution >= 0.6 is 0 Å². The van der Waals surface area contributed by atoms with Gasteiger partial charge in [0.15, 0.2) is 5.78 Å². The third-order valence-corrected chi connectivity index (χ3v) is 2.45. The topological polar surface area (TPSA) is 38.3 Å². The third kappa shape index (κ3) is 1.51. The fourth-order valence-corrected chi connectivity index (χ4v) is 1.74. The molecule has 2 aliphatic rings. The lowest BCUT2D eigenvalue weighted by Crippen LogP contribution is -2.25. The maximum Gasteiger partial charge on any atom is 0.176 e. The van der Waals surface area contributed by atoms with E-state index in [0.717, 1.165) is 5.57 Å². The molecule has 0 aromatic carbocycles. The van der Waals surface area contributed by atoms with Gasteiger partial charge >= 0.3 is 0 Å². The molecular weight excluding hydrogens is 178 g/mol. The van der Waals surface area contributed by atoms with Crippen molar-refractivity contribution in [1.82, 2.24) is 5.32 Å². The van der Waals surface area contributed by atoms with Gasteiger partial charge in [0.2, 0.25) is 0 Å². The molecule has 0 spiro atoms. The van der Waals surface area contributed by atoms with Gasteiger partial charge in [0.1, 0.15) is 6.10 Å². The van der Waals surface area contributed by atoms with Crippen LogP contribution in [0.5, 0.6) is 0 Å². The molecule has 0 aromatic heterocycles. The molecule has 1 heterocycles. The number of ether oxygens (including phenoxy) is 1. The smallest absolute Gasteiger partial charge is 0.176 e. The van der Waals surface area contributed by atoms with Crippen molar-refractivity contribution in [3.05, 3.63) is 36.1 Å². The Morgan fingerprint density at radius 3 is 3.07 bits per heavy atom. The Kier molecular flexibility index (Phi) is 2.50. The van der Waals surface area contributed by atoms with Crippen LogP contribution in [0.1, 0.15) is 0 Å². The Morgan fingerprint density at radius 2 is 2.29 bits per heavy atom. The summed E-state index contributed by atoms with van der Waals surface area (Å²) in [5, 5.41) is 2.85. The highest BCUT2D eigenvalue weighted by molar-refractivity contribution is 5.98. The van der Waals surface area contributed by atoms with Gasteiger partial charge in [-0.25, -0.2) is 0 Å². The average molecular weight is 191 g/mol. The normalized spacial score (nSPS) is 28.2. The minimum absolute atomic E-state index is 0.0239. The molecule has 0 aromatic rings. The molecule has 2 unspecified atom stereocenters. The zero-order valence-electron chi connectivity index (χ0n) is 8.07. The van der Waals surface area contributed by atoms with Crippen molar-refractivity contribution in [1.29, 1.82) is 0 Å². The molecule has 2 atom stereocenters. The average Bonchev–Trinajstić information content (AvgIpc) is 2.61. The lowest BCUT2D eigenvalue weighted by atomic mass is 9.90. The highest BCUT2D eigenvalue weighted by atomic mass is 16.5.